The van der Waals surface area contributed by atoms with Crippen LogP contribution in [0.4, 0.5) is 20.4 Å². The largest absolute Gasteiger partial charge is 0.495 e. The molecular formula is C22H21F2N5O. The van der Waals surface area contributed by atoms with Crippen LogP contribution in [-0.4, -0.2) is 26.6 Å². The van der Waals surface area contributed by atoms with Crippen LogP contribution < -0.4 is 10.1 Å². The van der Waals surface area contributed by atoms with Crippen molar-refractivity contribution in [2.24, 2.45) is 0 Å². The van der Waals surface area contributed by atoms with Crippen molar-refractivity contribution in [2.45, 2.75) is 26.8 Å². The monoisotopic (exact) mass is 409 g/mol. The molecule has 0 fully saturated rings. The summed E-state index contributed by atoms with van der Waals surface area (Å²) in [6, 6.07) is 10.3. The minimum Gasteiger partial charge on any atom is -0.495 e. The van der Waals surface area contributed by atoms with Crippen molar-refractivity contribution in [3.63, 3.8) is 0 Å². The topological polar surface area (TPSA) is 64.9 Å². The predicted molar refractivity (Wildman–Crippen MR) is 112 cm³/mol. The molecule has 0 spiro atoms. The molecule has 1 N–H and O–H groups in total. The lowest BCUT2D eigenvalue weighted by Crippen LogP contribution is -2.04. The average Bonchev–Trinajstić information content (AvgIpc) is 3.06. The molecule has 0 aliphatic rings. The molecule has 0 aliphatic heterocycles. The molecule has 0 saturated heterocycles. The number of nitrogens with zero attached hydrogens (tertiary/aromatic N) is 4. The number of rotatable bonds is 5. The summed E-state index contributed by atoms with van der Waals surface area (Å²) in [5, 5.41) is 3.02. The number of anilines is 2. The van der Waals surface area contributed by atoms with E-state index in [2.05, 4.69) is 20.3 Å². The molecule has 0 radical (unpaired) electrons. The highest BCUT2D eigenvalue weighted by Crippen LogP contribution is 2.31. The van der Waals surface area contributed by atoms with Gasteiger partial charge in [0.25, 0.3) is 0 Å². The molecule has 2 heterocycles. The van der Waals surface area contributed by atoms with Gasteiger partial charge in [0.2, 0.25) is 5.95 Å². The average molecular weight is 409 g/mol. The minimum atomic E-state index is -0.647. The SMILES string of the molecule is COc1ccccc1Nc1ncc(F)c(-c2cc(F)c3nc(C)n(C(C)C)c3c2)n1. The van der Waals surface area contributed by atoms with Gasteiger partial charge in [-0.05, 0) is 45.0 Å². The molecule has 4 aromatic rings. The standard InChI is InChI=1S/C22H21F2N5O/c1-12(2)29-13(3)26-21-15(23)9-14(10-18(21)29)20-16(24)11-25-22(28-20)27-17-7-5-6-8-19(17)30-4/h5-12H,1-4H3,(H,25,27,28). The van der Waals surface area contributed by atoms with E-state index in [-0.39, 0.29) is 23.2 Å². The number of nitrogens with one attached hydrogen (secondary N) is 1. The van der Waals surface area contributed by atoms with E-state index in [1.165, 1.54) is 6.07 Å². The number of imidazole rings is 1. The lowest BCUT2D eigenvalue weighted by molar-refractivity contribution is 0.417. The molecule has 2 aromatic carbocycles. The molecule has 0 saturated carbocycles. The Balaban J connectivity index is 1.82. The third-order valence-corrected chi connectivity index (χ3v) is 4.81. The maximum absolute atomic E-state index is 14.8. The highest BCUT2D eigenvalue weighted by atomic mass is 19.1. The second-order valence-corrected chi connectivity index (χ2v) is 7.16. The van der Waals surface area contributed by atoms with E-state index in [4.69, 9.17) is 4.74 Å². The van der Waals surface area contributed by atoms with Gasteiger partial charge in [0.15, 0.2) is 11.6 Å². The Morgan fingerprint density at radius 1 is 1.07 bits per heavy atom. The zero-order valence-electron chi connectivity index (χ0n) is 17.1. The van der Waals surface area contributed by atoms with Crippen LogP contribution in [0, 0.1) is 18.6 Å². The molecule has 0 atom stereocenters. The van der Waals surface area contributed by atoms with Crippen molar-refractivity contribution in [1.82, 2.24) is 19.5 Å². The van der Waals surface area contributed by atoms with E-state index in [0.717, 1.165) is 6.20 Å². The van der Waals surface area contributed by atoms with Crippen LogP contribution in [0.5, 0.6) is 5.75 Å². The molecule has 0 aliphatic carbocycles. The van der Waals surface area contributed by atoms with Gasteiger partial charge in [-0.25, -0.2) is 23.7 Å². The molecule has 0 bridgehead atoms. The highest BCUT2D eigenvalue weighted by molar-refractivity contribution is 5.83. The summed E-state index contributed by atoms with van der Waals surface area (Å²) < 4.78 is 36.6. The fourth-order valence-electron chi connectivity index (χ4n) is 3.56. The molecule has 30 heavy (non-hydrogen) atoms. The summed E-state index contributed by atoms with van der Waals surface area (Å²) in [4.78, 5) is 12.6. The van der Waals surface area contributed by atoms with Crippen LogP contribution in [0.2, 0.25) is 0 Å². The van der Waals surface area contributed by atoms with E-state index >= 15 is 0 Å². The number of hydrogen-bond donors (Lipinski definition) is 1. The summed E-state index contributed by atoms with van der Waals surface area (Å²) in [5.74, 6) is 0.285. The zero-order valence-corrected chi connectivity index (χ0v) is 17.1. The normalized spacial score (nSPS) is 11.3. The second kappa shape index (κ2) is 7.70. The highest BCUT2D eigenvalue weighted by Gasteiger charge is 2.18. The Morgan fingerprint density at radius 2 is 1.83 bits per heavy atom. The predicted octanol–water partition coefficient (Wildman–Crippen LogP) is 5.41. The molecule has 6 nitrogen and oxygen atoms in total. The minimum absolute atomic E-state index is 0.00245. The molecule has 8 heteroatoms. The maximum Gasteiger partial charge on any atom is 0.228 e. The number of aryl methyl sites for hydroxylation is 1. The van der Waals surface area contributed by atoms with Crippen molar-refractivity contribution in [1.29, 1.82) is 0 Å². The Morgan fingerprint density at radius 3 is 2.57 bits per heavy atom. The van der Waals surface area contributed by atoms with Crippen molar-refractivity contribution < 1.29 is 13.5 Å². The van der Waals surface area contributed by atoms with Gasteiger partial charge >= 0.3 is 0 Å². The number of fused-ring (bicyclic) bond motifs is 1. The molecule has 0 amide bonds. The van der Waals surface area contributed by atoms with Crippen LogP contribution in [0.3, 0.4) is 0 Å². The molecule has 0 unspecified atom stereocenters. The summed E-state index contributed by atoms with van der Waals surface area (Å²) in [6.45, 7) is 5.79. The van der Waals surface area contributed by atoms with Gasteiger partial charge in [0.1, 0.15) is 22.8 Å². The Kier molecular flexibility index (Phi) is 5.07. The fourth-order valence-corrected chi connectivity index (χ4v) is 3.56. The van der Waals surface area contributed by atoms with Gasteiger partial charge in [-0.15, -0.1) is 0 Å². The fraction of sp³-hybridized carbons (Fsp3) is 0.227. The number of para-hydroxylation sites is 2. The number of halogens is 2. The van der Waals surface area contributed by atoms with E-state index in [9.17, 15) is 8.78 Å². The molecule has 2 aromatic heterocycles. The maximum atomic E-state index is 14.8. The van der Waals surface area contributed by atoms with Gasteiger partial charge in [-0.1, -0.05) is 12.1 Å². The van der Waals surface area contributed by atoms with Crippen LogP contribution in [0.15, 0.2) is 42.6 Å². The summed E-state index contributed by atoms with van der Waals surface area (Å²) in [7, 11) is 1.55. The summed E-state index contributed by atoms with van der Waals surface area (Å²) in [5.41, 5.74) is 1.79. The van der Waals surface area contributed by atoms with Gasteiger partial charge in [0, 0.05) is 11.6 Å². The number of hydrogen-bond acceptors (Lipinski definition) is 5. The van der Waals surface area contributed by atoms with E-state index in [1.807, 2.05) is 37.5 Å². The van der Waals surface area contributed by atoms with Crippen LogP contribution >= 0.6 is 0 Å². The number of methoxy groups -OCH3 is 1. The number of aromatic nitrogens is 4. The van der Waals surface area contributed by atoms with Gasteiger partial charge < -0.3 is 14.6 Å². The first-order valence-electron chi connectivity index (χ1n) is 9.50. The summed E-state index contributed by atoms with van der Waals surface area (Å²) in [6.07, 6.45) is 1.06. The second-order valence-electron chi connectivity index (χ2n) is 7.16. The Hall–Kier alpha value is -3.55. The molecular weight excluding hydrogens is 388 g/mol. The Labute approximate surface area is 172 Å². The third kappa shape index (κ3) is 3.45. The molecule has 154 valence electrons. The first kappa shape index (κ1) is 19.8. The van der Waals surface area contributed by atoms with Gasteiger partial charge in [-0.3, -0.25) is 0 Å². The number of benzene rings is 2. The smallest absolute Gasteiger partial charge is 0.228 e. The quantitative estimate of drug-likeness (QED) is 0.477. The van der Waals surface area contributed by atoms with E-state index in [0.29, 0.717) is 28.3 Å². The first-order valence-corrected chi connectivity index (χ1v) is 9.50. The van der Waals surface area contributed by atoms with Crippen molar-refractivity contribution in [3.05, 3.63) is 60.1 Å². The van der Waals surface area contributed by atoms with Crippen LogP contribution in [-0.2, 0) is 0 Å². The van der Waals surface area contributed by atoms with Crippen molar-refractivity contribution in [3.8, 4) is 17.0 Å². The van der Waals surface area contributed by atoms with Crippen LogP contribution in [0.1, 0.15) is 25.7 Å². The number of ether oxygens (including phenoxy) is 1. The lowest BCUT2D eigenvalue weighted by Gasteiger charge is -2.13. The Bertz CT molecular complexity index is 1240. The van der Waals surface area contributed by atoms with Crippen LogP contribution in [0.25, 0.3) is 22.3 Å². The third-order valence-electron chi connectivity index (χ3n) is 4.81. The molecule has 4 rings (SSSR count). The zero-order chi connectivity index (χ0) is 21.4. The van der Waals surface area contributed by atoms with Crippen molar-refractivity contribution >= 4 is 22.7 Å². The lowest BCUT2D eigenvalue weighted by atomic mass is 10.1. The summed E-state index contributed by atoms with van der Waals surface area (Å²) >= 11 is 0. The van der Waals surface area contributed by atoms with E-state index < -0.39 is 11.6 Å². The van der Waals surface area contributed by atoms with Gasteiger partial charge in [-0.2, -0.15) is 0 Å². The first-order chi connectivity index (χ1) is 14.4. The van der Waals surface area contributed by atoms with E-state index in [1.54, 1.807) is 25.3 Å². The van der Waals surface area contributed by atoms with Gasteiger partial charge in [0.05, 0.1) is 24.5 Å². The van der Waals surface area contributed by atoms with Crippen molar-refractivity contribution in [2.75, 3.05) is 12.4 Å².